The monoisotopic (exact) mass is 312 g/mol. The van der Waals surface area contributed by atoms with Crippen molar-refractivity contribution >= 4 is 17.3 Å². The highest BCUT2D eigenvalue weighted by Gasteiger charge is 2.34. The zero-order valence-corrected chi connectivity index (χ0v) is 13.8. The number of ether oxygens (including phenoxy) is 1. The fraction of sp³-hybridized carbons (Fsp3) is 0.625. The van der Waals surface area contributed by atoms with Crippen LogP contribution >= 0.6 is 11.6 Å². The van der Waals surface area contributed by atoms with Crippen LogP contribution in [0, 0.1) is 0 Å². The number of nitrogens with zero attached hydrogens (tertiary/aromatic N) is 1. The quantitative estimate of drug-likeness (QED) is 0.876. The van der Waals surface area contributed by atoms with Crippen LogP contribution in [0.5, 0.6) is 0 Å². The van der Waals surface area contributed by atoms with Gasteiger partial charge in [-0.3, -0.25) is 0 Å². The number of rotatable bonds is 5. The van der Waals surface area contributed by atoms with E-state index in [1.807, 2.05) is 26.0 Å². The Balaban J connectivity index is 2.31. The zero-order chi connectivity index (χ0) is 15.5. The number of benzene rings is 1. The SMILES string of the molecule is CCNCc1cccc(Cl)c1N1CC(CO)OC(C)(C)C1. The third kappa shape index (κ3) is 4.10. The Kier molecular flexibility index (Phi) is 5.49. The molecule has 1 aromatic carbocycles. The summed E-state index contributed by atoms with van der Waals surface area (Å²) in [5, 5.41) is 13.6. The Bertz CT molecular complexity index is 479. The Morgan fingerprint density at radius 2 is 2.24 bits per heavy atom. The average molecular weight is 313 g/mol. The maximum atomic E-state index is 9.47. The first-order valence-electron chi connectivity index (χ1n) is 7.48. The van der Waals surface area contributed by atoms with Crippen LogP contribution in [0.15, 0.2) is 18.2 Å². The van der Waals surface area contributed by atoms with Gasteiger partial charge < -0.3 is 20.1 Å². The molecule has 2 N–H and O–H groups in total. The van der Waals surface area contributed by atoms with E-state index in [1.165, 1.54) is 5.56 Å². The molecule has 0 aromatic heterocycles. The van der Waals surface area contributed by atoms with Gasteiger partial charge in [-0.05, 0) is 32.0 Å². The summed E-state index contributed by atoms with van der Waals surface area (Å²) in [4.78, 5) is 2.24. The molecule has 0 amide bonds. The molecule has 0 bridgehead atoms. The molecule has 1 saturated heterocycles. The highest BCUT2D eigenvalue weighted by Crippen LogP contribution is 2.34. The summed E-state index contributed by atoms with van der Waals surface area (Å²) in [6, 6.07) is 6.00. The van der Waals surface area contributed by atoms with Gasteiger partial charge >= 0.3 is 0 Å². The Morgan fingerprint density at radius 1 is 1.48 bits per heavy atom. The van der Waals surface area contributed by atoms with E-state index in [0.29, 0.717) is 6.54 Å². The first-order chi connectivity index (χ1) is 9.96. The molecule has 5 heteroatoms. The van der Waals surface area contributed by atoms with Crippen LogP contribution in [0.25, 0.3) is 0 Å². The van der Waals surface area contributed by atoms with Crippen LogP contribution < -0.4 is 10.2 Å². The minimum absolute atomic E-state index is 0.0208. The second-order valence-electron chi connectivity index (χ2n) is 6.09. The molecule has 1 aliphatic heterocycles. The van der Waals surface area contributed by atoms with Crippen molar-refractivity contribution in [2.75, 3.05) is 31.1 Å². The minimum atomic E-state index is -0.305. The largest absolute Gasteiger partial charge is 0.394 e. The highest BCUT2D eigenvalue weighted by atomic mass is 35.5. The molecule has 2 rings (SSSR count). The number of hydrogen-bond acceptors (Lipinski definition) is 4. The van der Waals surface area contributed by atoms with Crippen LogP contribution in [0.4, 0.5) is 5.69 Å². The topological polar surface area (TPSA) is 44.7 Å². The lowest BCUT2D eigenvalue weighted by atomic mass is 10.0. The second kappa shape index (κ2) is 6.97. The molecule has 1 unspecified atom stereocenters. The van der Waals surface area contributed by atoms with Crippen LogP contribution in [0.1, 0.15) is 26.3 Å². The minimum Gasteiger partial charge on any atom is -0.394 e. The van der Waals surface area contributed by atoms with Crippen molar-refractivity contribution in [2.45, 2.75) is 39.0 Å². The lowest BCUT2D eigenvalue weighted by Crippen LogP contribution is -2.54. The van der Waals surface area contributed by atoms with Gasteiger partial charge in [-0.25, -0.2) is 0 Å². The van der Waals surface area contributed by atoms with Gasteiger partial charge in [0.25, 0.3) is 0 Å². The second-order valence-corrected chi connectivity index (χ2v) is 6.50. The standard InChI is InChI=1S/C16H25ClN2O2/c1-4-18-8-12-6-5-7-14(17)15(12)19-9-13(10-20)21-16(2,3)11-19/h5-7,13,18,20H,4,8-11H2,1-3H3. The van der Waals surface area contributed by atoms with Crippen molar-refractivity contribution in [3.8, 4) is 0 Å². The number of aliphatic hydroxyl groups is 1. The van der Waals surface area contributed by atoms with Crippen LogP contribution in [0.2, 0.25) is 5.02 Å². The molecule has 0 spiro atoms. The zero-order valence-electron chi connectivity index (χ0n) is 13.0. The highest BCUT2D eigenvalue weighted by molar-refractivity contribution is 6.33. The summed E-state index contributed by atoms with van der Waals surface area (Å²) in [7, 11) is 0. The van der Waals surface area contributed by atoms with E-state index < -0.39 is 0 Å². The smallest absolute Gasteiger partial charge is 0.0988 e. The van der Waals surface area contributed by atoms with E-state index in [-0.39, 0.29) is 18.3 Å². The normalized spacial score (nSPS) is 21.6. The van der Waals surface area contributed by atoms with Gasteiger partial charge in [0.05, 0.1) is 29.0 Å². The predicted octanol–water partition coefficient (Wildman–Crippen LogP) is 2.43. The molecule has 1 heterocycles. The molecule has 0 aliphatic carbocycles. The van der Waals surface area contributed by atoms with Crippen molar-refractivity contribution in [3.05, 3.63) is 28.8 Å². The molecule has 0 saturated carbocycles. The maximum absolute atomic E-state index is 9.47. The van der Waals surface area contributed by atoms with Gasteiger partial charge in [0.2, 0.25) is 0 Å². The van der Waals surface area contributed by atoms with E-state index >= 15 is 0 Å². The van der Waals surface area contributed by atoms with Crippen molar-refractivity contribution in [1.82, 2.24) is 5.32 Å². The number of para-hydroxylation sites is 1. The van der Waals surface area contributed by atoms with Gasteiger partial charge in [0.1, 0.15) is 0 Å². The van der Waals surface area contributed by atoms with Crippen molar-refractivity contribution < 1.29 is 9.84 Å². The Labute approximate surface area is 132 Å². The van der Waals surface area contributed by atoms with Gasteiger partial charge in [-0.15, -0.1) is 0 Å². The van der Waals surface area contributed by atoms with E-state index in [9.17, 15) is 5.11 Å². The first kappa shape index (κ1) is 16.6. The molecule has 21 heavy (non-hydrogen) atoms. The van der Waals surface area contributed by atoms with E-state index in [4.69, 9.17) is 16.3 Å². The molecule has 1 aromatic rings. The molecular weight excluding hydrogens is 288 g/mol. The fourth-order valence-corrected chi connectivity index (χ4v) is 3.19. The molecule has 118 valence electrons. The van der Waals surface area contributed by atoms with Gasteiger partial charge in [0.15, 0.2) is 0 Å². The number of nitrogens with one attached hydrogen (secondary N) is 1. The number of halogens is 1. The van der Waals surface area contributed by atoms with E-state index in [0.717, 1.165) is 30.3 Å². The van der Waals surface area contributed by atoms with Gasteiger partial charge in [-0.1, -0.05) is 30.7 Å². The lowest BCUT2D eigenvalue weighted by molar-refractivity contribution is -0.101. The third-order valence-corrected chi connectivity index (χ3v) is 3.94. The molecule has 1 atom stereocenters. The molecule has 0 radical (unpaired) electrons. The van der Waals surface area contributed by atoms with Crippen LogP contribution in [0.3, 0.4) is 0 Å². The van der Waals surface area contributed by atoms with Crippen molar-refractivity contribution in [1.29, 1.82) is 0 Å². The first-order valence-corrected chi connectivity index (χ1v) is 7.86. The number of morpholine rings is 1. The number of aliphatic hydroxyl groups excluding tert-OH is 1. The Hall–Kier alpha value is -0.810. The fourth-order valence-electron chi connectivity index (χ4n) is 2.88. The van der Waals surface area contributed by atoms with E-state index in [1.54, 1.807) is 0 Å². The maximum Gasteiger partial charge on any atom is 0.0988 e. The van der Waals surface area contributed by atoms with Gasteiger partial charge in [-0.2, -0.15) is 0 Å². The average Bonchev–Trinajstić information content (AvgIpc) is 2.43. The van der Waals surface area contributed by atoms with Crippen LogP contribution in [-0.2, 0) is 11.3 Å². The summed E-state index contributed by atoms with van der Waals surface area (Å²) >= 11 is 6.45. The summed E-state index contributed by atoms with van der Waals surface area (Å²) < 4.78 is 5.89. The molecular formula is C16H25ClN2O2. The summed E-state index contributed by atoms with van der Waals surface area (Å²) in [5.41, 5.74) is 1.92. The number of anilines is 1. The summed E-state index contributed by atoms with van der Waals surface area (Å²) in [5.74, 6) is 0. The summed E-state index contributed by atoms with van der Waals surface area (Å²) in [6.07, 6.45) is -0.183. The molecule has 1 aliphatic rings. The number of hydrogen-bond donors (Lipinski definition) is 2. The summed E-state index contributed by atoms with van der Waals surface area (Å²) in [6.45, 7) is 9.31. The van der Waals surface area contributed by atoms with Crippen LogP contribution in [-0.4, -0.2) is 43.1 Å². The Morgan fingerprint density at radius 3 is 2.90 bits per heavy atom. The van der Waals surface area contributed by atoms with Crippen molar-refractivity contribution in [2.24, 2.45) is 0 Å². The van der Waals surface area contributed by atoms with Gasteiger partial charge in [0, 0.05) is 19.6 Å². The van der Waals surface area contributed by atoms with Crippen molar-refractivity contribution in [3.63, 3.8) is 0 Å². The third-order valence-electron chi connectivity index (χ3n) is 3.64. The van der Waals surface area contributed by atoms with E-state index in [2.05, 4.69) is 23.2 Å². The lowest BCUT2D eigenvalue weighted by Gasteiger charge is -2.44. The molecule has 4 nitrogen and oxygen atoms in total. The molecule has 1 fully saturated rings. The predicted molar refractivity (Wildman–Crippen MR) is 87.1 cm³/mol.